The minimum Gasteiger partial charge on any atom is -0.383 e. The van der Waals surface area contributed by atoms with Crippen molar-refractivity contribution >= 4 is 17.7 Å². The van der Waals surface area contributed by atoms with Crippen LogP contribution in [0.3, 0.4) is 0 Å². The van der Waals surface area contributed by atoms with Crippen molar-refractivity contribution in [2.75, 3.05) is 39.1 Å². The zero-order valence-electron chi connectivity index (χ0n) is 13.3. The molecule has 1 atom stereocenters. The Morgan fingerprint density at radius 3 is 2.95 bits per heavy atom. The van der Waals surface area contributed by atoms with Crippen LogP contribution in [0.1, 0.15) is 28.2 Å². The summed E-state index contributed by atoms with van der Waals surface area (Å²) in [6.45, 7) is 6.96. The average molecular weight is 325 g/mol. The van der Waals surface area contributed by atoms with Crippen LogP contribution in [0.25, 0.3) is 0 Å². The Bertz CT molecular complexity index is 554. The van der Waals surface area contributed by atoms with Crippen molar-refractivity contribution in [3.8, 4) is 0 Å². The smallest absolute Gasteiger partial charge is 0.276 e. The number of amides is 1. The van der Waals surface area contributed by atoms with E-state index in [9.17, 15) is 4.79 Å². The highest BCUT2D eigenvalue weighted by Gasteiger charge is 2.51. The number of carbonyl (C=O) groups is 1. The molecule has 2 aliphatic heterocycles. The summed E-state index contributed by atoms with van der Waals surface area (Å²) >= 11 is 1.98. The molecule has 7 heteroatoms. The van der Waals surface area contributed by atoms with Crippen molar-refractivity contribution in [3.63, 3.8) is 0 Å². The Labute approximate surface area is 134 Å². The third-order valence-electron chi connectivity index (χ3n) is 4.55. The lowest BCUT2D eigenvalue weighted by Crippen LogP contribution is -2.61. The highest BCUT2D eigenvalue weighted by molar-refractivity contribution is 8.01. The Hall–Kier alpha value is -1.05. The monoisotopic (exact) mass is 325 g/mol. The Morgan fingerprint density at radius 1 is 1.55 bits per heavy atom. The van der Waals surface area contributed by atoms with E-state index < -0.39 is 0 Å². The van der Waals surface area contributed by atoms with E-state index in [2.05, 4.69) is 10.5 Å². The first-order chi connectivity index (χ1) is 10.5. The molecule has 1 N–H and O–H groups in total. The summed E-state index contributed by atoms with van der Waals surface area (Å²) in [7, 11) is 1.72. The van der Waals surface area contributed by atoms with Crippen LogP contribution in [0.5, 0.6) is 0 Å². The van der Waals surface area contributed by atoms with Gasteiger partial charge in [0.15, 0.2) is 5.69 Å². The van der Waals surface area contributed by atoms with Crippen LogP contribution in [0.2, 0.25) is 0 Å². The second-order valence-corrected chi connectivity index (χ2v) is 7.70. The topological polar surface area (TPSA) is 67.6 Å². The molecule has 1 amide bonds. The van der Waals surface area contributed by atoms with Gasteiger partial charge in [-0.3, -0.25) is 4.79 Å². The first-order valence-electron chi connectivity index (χ1n) is 7.63. The van der Waals surface area contributed by atoms with Gasteiger partial charge in [-0.25, -0.2) is 0 Å². The Morgan fingerprint density at radius 2 is 2.32 bits per heavy atom. The SMILES string of the molecule is COCCNC1CSC2(C1)CN(C(=O)c1noc(C)c1C)C2. The molecule has 1 spiro atoms. The minimum absolute atomic E-state index is 0.00336. The zero-order chi connectivity index (χ0) is 15.7. The molecule has 1 unspecified atom stereocenters. The number of aryl methyl sites for hydroxylation is 1. The van der Waals surface area contributed by atoms with Gasteiger partial charge in [0, 0.05) is 44.1 Å². The summed E-state index contributed by atoms with van der Waals surface area (Å²) in [5, 5.41) is 7.42. The van der Waals surface area contributed by atoms with Crippen LogP contribution in [0.4, 0.5) is 0 Å². The van der Waals surface area contributed by atoms with E-state index in [1.54, 1.807) is 7.11 Å². The molecular weight excluding hydrogens is 302 g/mol. The van der Waals surface area contributed by atoms with Crippen LogP contribution >= 0.6 is 11.8 Å². The standard InChI is InChI=1S/C15H23N3O3S/c1-10-11(2)21-17-13(10)14(19)18-8-15(9-18)6-12(7-22-15)16-4-5-20-3/h12,16H,4-9H2,1-3H3. The van der Waals surface area contributed by atoms with Crippen LogP contribution < -0.4 is 5.32 Å². The predicted molar refractivity (Wildman–Crippen MR) is 85.4 cm³/mol. The summed E-state index contributed by atoms with van der Waals surface area (Å²) in [5.74, 6) is 1.82. The third-order valence-corrected chi connectivity index (χ3v) is 6.16. The summed E-state index contributed by atoms with van der Waals surface area (Å²) < 4.78 is 10.4. The number of aromatic nitrogens is 1. The van der Waals surface area contributed by atoms with Gasteiger partial charge < -0.3 is 19.5 Å². The molecule has 0 saturated carbocycles. The molecule has 0 aromatic carbocycles. The van der Waals surface area contributed by atoms with Gasteiger partial charge in [-0.15, -0.1) is 11.8 Å². The van der Waals surface area contributed by atoms with E-state index in [4.69, 9.17) is 9.26 Å². The van der Waals surface area contributed by atoms with E-state index in [1.165, 1.54) is 0 Å². The Kier molecular flexibility index (Phi) is 4.47. The van der Waals surface area contributed by atoms with Gasteiger partial charge in [-0.2, -0.15) is 0 Å². The lowest BCUT2D eigenvalue weighted by Gasteiger charge is -2.47. The van der Waals surface area contributed by atoms with Gasteiger partial charge in [0.25, 0.3) is 5.91 Å². The van der Waals surface area contributed by atoms with Crippen molar-refractivity contribution in [1.29, 1.82) is 0 Å². The minimum atomic E-state index is -0.00336. The van der Waals surface area contributed by atoms with E-state index >= 15 is 0 Å². The summed E-state index contributed by atoms with van der Waals surface area (Å²) in [6, 6.07) is 0.522. The number of methoxy groups -OCH3 is 1. The van der Waals surface area contributed by atoms with Crippen molar-refractivity contribution in [3.05, 3.63) is 17.0 Å². The molecule has 2 aliphatic rings. The van der Waals surface area contributed by atoms with Crippen LogP contribution in [-0.2, 0) is 4.74 Å². The highest BCUT2D eigenvalue weighted by Crippen LogP contribution is 2.45. The molecule has 0 aliphatic carbocycles. The van der Waals surface area contributed by atoms with Gasteiger partial charge in [-0.05, 0) is 20.3 Å². The molecule has 3 rings (SSSR count). The summed E-state index contributed by atoms with van der Waals surface area (Å²) in [6.07, 6.45) is 1.11. The van der Waals surface area contributed by atoms with Gasteiger partial charge >= 0.3 is 0 Å². The fourth-order valence-electron chi connectivity index (χ4n) is 3.12. The van der Waals surface area contributed by atoms with E-state index in [0.717, 1.165) is 49.7 Å². The number of likely N-dealkylation sites (tertiary alicyclic amines) is 1. The van der Waals surface area contributed by atoms with Crippen molar-refractivity contribution in [2.24, 2.45) is 0 Å². The number of rotatable bonds is 5. The number of nitrogens with one attached hydrogen (secondary N) is 1. The molecule has 22 heavy (non-hydrogen) atoms. The maximum Gasteiger partial charge on any atom is 0.276 e. The maximum absolute atomic E-state index is 12.5. The van der Waals surface area contributed by atoms with Crippen molar-refractivity contribution in [1.82, 2.24) is 15.4 Å². The molecule has 1 aromatic rings. The summed E-state index contributed by atoms with van der Waals surface area (Å²) in [4.78, 5) is 14.3. The number of thioether (sulfide) groups is 1. The van der Waals surface area contributed by atoms with E-state index in [-0.39, 0.29) is 10.7 Å². The molecule has 1 aromatic heterocycles. The number of nitrogens with zero attached hydrogens (tertiary/aromatic N) is 2. The fraction of sp³-hybridized carbons (Fsp3) is 0.733. The number of carbonyl (C=O) groups excluding carboxylic acids is 1. The van der Waals surface area contributed by atoms with Crippen LogP contribution in [0, 0.1) is 13.8 Å². The fourth-order valence-corrected chi connectivity index (χ4v) is 4.72. The Balaban J connectivity index is 1.52. The van der Waals surface area contributed by atoms with Gasteiger partial charge in [0.05, 0.1) is 11.4 Å². The normalized spacial score (nSPS) is 23.0. The van der Waals surface area contributed by atoms with Crippen molar-refractivity contribution < 1.29 is 14.1 Å². The molecule has 3 heterocycles. The first-order valence-corrected chi connectivity index (χ1v) is 8.62. The largest absolute Gasteiger partial charge is 0.383 e. The average Bonchev–Trinajstić information content (AvgIpc) is 3.03. The second-order valence-electron chi connectivity index (χ2n) is 6.22. The maximum atomic E-state index is 12.5. The molecule has 2 saturated heterocycles. The highest BCUT2D eigenvalue weighted by atomic mass is 32.2. The molecule has 2 fully saturated rings. The van der Waals surface area contributed by atoms with E-state index in [1.807, 2.05) is 30.5 Å². The number of hydrogen-bond acceptors (Lipinski definition) is 6. The lowest BCUT2D eigenvalue weighted by molar-refractivity contribution is 0.0540. The molecular formula is C15H23N3O3S. The number of ether oxygens (including phenoxy) is 1. The summed E-state index contributed by atoms with van der Waals surface area (Å²) in [5.41, 5.74) is 1.31. The zero-order valence-corrected chi connectivity index (χ0v) is 14.2. The van der Waals surface area contributed by atoms with Gasteiger partial charge in [0.1, 0.15) is 5.76 Å². The van der Waals surface area contributed by atoms with Gasteiger partial charge in [0.2, 0.25) is 0 Å². The first kappa shape index (κ1) is 15.8. The number of hydrogen-bond donors (Lipinski definition) is 1. The van der Waals surface area contributed by atoms with E-state index in [0.29, 0.717) is 11.7 Å². The predicted octanol–water partition coefficient (Wildman–Crippen LogP) is 1.23. The quantitative estimate of drug-likeness (QED) is 0.821. The third kappa shape index (κ3) is 2.89. The van der Waals surface area contributed by atoms with Gasteiger partial charge in [-0.1, -0.05) is 5.16 Å². The second kappa shape index (κ2) is 6.22. The van der Waals surface area contributed by atoms with Crippen LogP contribution in [-0.4, -0.2) is 65.9 Å². The lowest BCUT2D eigenvalue weighted by atomic mass is 9.91. The molecule has 6 nitrogen and oxygen atoms in total. The van der Waals surface area contributed by atoms with Crippen molar-refractivity contribution in [2.45, 2.75) is 31.1 Å². The molecule has 0 bridgehead atoms. The molecule has 0 radical (unpaired) electrons. The van der Waals surface area contributed by atoms with Crippen LogP contribution in [0.15, 0.2) is 4.52 Å². The molecule has 122 valence electrons.